The van der Waals surface area contributed by atoms with Gasteiger partial charge in [0.2, 0.25) is 0 Å². The van der Waals surface area contributed by atoms with Gasteiger partial charge in [0.25, 0.3) is 5.91 Å². The number of hydrogen-bond donors (Lipinski definition) is 1. The Balaban J connectivity index is 1.98. The molecule has 0 saturated carbocycles. The van der Waals surface area contributed by atoms with Crippen LogP contribution in [-0.2, 0) is 9.59 Å². The minimum Gasteiger partial charge on any atom is -0.480 e. The molecule has 0 radical (unpaired) electrons. The van der Waals surface area contributed by atoms with Crippen LogP contribution in [-0.4, -0.2) is 32.7 Å². The van der Waals surface area contributed by atoms with Crippen LogP contribution in [0.25, 0.3) is 16.2 Å². The number of thiophene rings is 1. The lowest BCUT2D eigenvalue weighted by atomic mass is 10.1. The molecule has 1 aliphatic rings. The molecule has 1 aromatic carbocycles. The molecule has 1 N–H and O–H groups in total. The Morgan fingerprint density at radius 2 is 2.23 bits per heavy atom. The van der Waals surface area contributed by atoms with Crippen LogP contribution in [0.3, 0.4) is 0 Å². The highest BCUT2D eigenvalue weighted by Gasteiger charge is 2.33. The van der Waals surface area contributed by atoms with Crippen molar-refractivity contribution in [1.29, 1.82) is 0 Å². The number of thiocarbonyl (C=S) groups is 1. The predicted octanol–water partition coefficient (Wildman–Crippen LogP) is 3.95. The molecule has 0 spiro atoms. The number of benzene rings is 1. The summed E-state index contributed by atoms with van der Waals surface area (Å²) in [5, 5.41) is 11.9. The normalized spacial score (nSPS) is 17.0. The lowest BCUT2D eigenvalue weighted by Crippen LogP contribution is -2.33. The first kappa shape index (κ1) is 15.7. The van der Waals surface area contributed by atoms with Crippen molar-refractivity contribution in [3.63, 3.8) is 0 Å². The number of nitrogens with zero attached hydrogens (tertiary/aromatic N) is 1. The number of carboxylic acid groups (broad SMARTS) is 1. The van der Waals surface area contributed by atoms with E-state index in [0.29, 0.717) is 4.91 Å². The average Bonchev–Trinajstić information content (AvgIpc) is 2.95. The molecule has 2 aromatic rings. The van der Waals surface area contributed by atoms with Gasteiger partial charge in [0, 0.05) is 14.6 Å². The number of carboxylic acids is 1. The van der Waals surface area contributed by atoms with Crippen LogP contribution >= 0.6 is 51.2 Å². The van der Waals surface area contributed by atoms with Crippen LogP contribution in [0.4, 0.5) is 0 Å². The Hall–Kier alpha value is -1.22. The molecule has 1 fully saturated rings. The number of hydrogen-bond acceptors (Lipinski definition) is 5. The second-order valence-corrected chi connectivity index (χ2v) is 8.00. The fourth-order valence-electron chi connectivity index (χ4n) is 2.05. The Bertz CT molecular complexity index is 843. The summed E-state index contributed by atoms with van der Waals surface area (Å²) >= 11 is 11.3. The number of thioether (sulfide) groups is 1. The van der Waals surface area contributed by atoms with Crippen molar-refractivity contribution >= 4 is 83.6 Å². The van der Waals surface area contributed by atoms with Gasteiger partial charge in [0.15, 0.2) is 0 Å². The predicted molar refractivity (Wildman–Crippen MR) is 97.0 cm³/mol. The quantitative estimate of drug-likeness (QED) is 0.609. The second kappa shape index (κ2) is 6.11. The van der Waals surface area contributed by atoms with E-state index in [9.17, 15) is 9.59 Å². The van der Waals surface area contributed by atoms with Crippen LogP contribution in [0.5, 0.6) is 0 Å². The second-order valence-electron chi connectivity index (χ2n) is 4.49. The fourth-order valence-corrected chi connectivity index (χ4v) is 4.55. The highest BCUT2D eigenvalue weighted by atomic mass is 79.9. The van der Waals surface area contributed by atoms with Crippen molar-refractivity contribution < 1.29 is 14.7 Å². The maximum atomic E-state index is 12.3. The fraction of sp³-hybridized carbons (Fsp3) is 0.0714. The largest absolute Gasteiger partial charge is 0.480 e. The summed E-state index contributed by atoms with van der Waals surface area (Å²) in [7, 11) is 0. The van der Waals surface area contributed by atoms with Gasteiger partial charge >= 0.3 is 5.97 Å². The maximum Gasteiger partial charge on any atom is 0.323 e. The molecule has 0 aliphatic carbocycles. The topological polar surface area (TPSA) is 57.6 Å². The van der Waals surface area contributed by atoms with Crippen LogP contribution in [0.2, 0.25) is 0 Å². The van der Waals surface area contributed by atoms with E-state index in [4.69, 9.17) is 17.3 Å². The number of aliphatic carboxylic acids is 1. The highest BCUT2D eigenvalue weighted by Crippen LogP contribution is 2.36. The van der Waals surface area contributed by atoms with Gasteiger partial charge in [-0.05, 0) is 35.2 Å². The van der Waals surface area contributed by atoms with E-state index in [-0.39, 0.29) is 10.2 Å². The van der Waals surface area contributed by atoms with Gasteiger partial charge in [-0.1, -0.05) is 39.9 Å². The molecule has 2 heterocycles. The number of amides is 1. The van der Waals surface area contributed by atoms with Crippen LogP contribution < -0.4 is 0 Å². The Labute approximate surface area is 147 Å². The summed E-state index contributed by atoms with van der Waals surface area (Å²) in [5.74, 6) is -1.44. The molecule has 1 amide bonds. The summed E-state index contributed by atoms with van der Waals surface area (Å²) < 4.78 is 2.36. The first-order valence-electron chi connectivity index (χ1n) is 6.09. The monoisotopic (exact) mass is 413 g/mol. The van der Waals surface area contributed by atoms with Crippen molar-refractivity contribution in [3.8, 4) is 0 Å². The molecule has 112 valence electrons. The number of carbonyl (C=O) groups excluding carboxylic acids is 1. The van der Waals surface area contributed by atoms with Gasteiger partial charge in [-0.3, -0.25) is 14.5 Å². The molecule has 22 heavy (non-hydrogen) atoms. The van der Waals surface area contributed by atoms with E-state index >= 15 is 0 Å². The van der Waals surface area contributed by atoms with E-state index in [2.05, 4.69) is 15.9 Å². The van der Waals surface area contributed by atoms with Gasteiger partial charge in [0.1, 0.15) is 10.9 Å². The number of carbonyl (C=O) groups is 2. The van der Waals surface area contributed by atoms with Crippen LogP contribution in [0.1, 0.15) is 5.56 Å². The van der Waals surface area contributed by atoms with Crippen molar-refractivity contribution in [2.24, 2.45) is 0 Å². The van der Waals surface area contributed by atoms with Gasteiger partial charge in [-0.15, -0.1) is 11.3 Å². The molecule has 8 heteroatoms. The van der Waals surface area contributed by atoms with Crippen molar-refractivity contribution in [1.82, 2.24) is 4.90 Å². The number of rotatable bonds is 3. The lowest BCUT2D eigenvalue weighted by molar-refractivity contribution is -0.140. The zero-order valence-electron chi connectivity index (χ0n) is 10.9. The Morgan fingerprint density at radius 1 is 1.45 bits per heavy atom. The van der Waals surface area contributed by atoms with Gasteiger partial charge in [-0.2, -0.15) is 0 Å². The molecule has 3 rings (SSSR count). The average molecular weight is 414 g/mol. The van der Waals surface area contributed by atoms with E-state index in [1.807, 2.05) is 23.6 Å². The molecular formula is C14H8BrNO3S3. The van der Waals surface area contributed by atoms with Crippen LogP contribution in [0.15, 0.2) is 33.0 Å². The van der Waals surface area contributed by atoms with Gasteiger partial charge < -0.3 is 5.11 Å². The third-order valence-corrected chi connectivity index (χ3v) is 5.87. The smallest absolute Gasteiger partial charge is 0.323 e. The first-order chi connectivity index (χ1) is 10.5. The molecule has 0 unspecified atom stereocenters. The van der Waals surface area contributed by atoms with Crippen molar-refractivity contribution in [2.45, 2.75) is 0 Å². The van der Waals surface area contributed by atoms with Gasteiger partial charge in [0.05, 0.1) is 4.91 Å². The summed E-state index contributed by atoms with van der Waals surface area (Å²) in [6.45, 7) is -0.405. The number of fused-ring (bicyclic) bond motifs is 1. The van der Waals surface area contributed by atoms with Gasteiger partial charge in [-0.25, -0.2) is 0 Å². The third kappa shape index (κ3) is 2.96. The van der Waals surface area contributed by atoms with Crippen molar-refractivity contribution in [3.05, 3.63) is 38.5 Å². The molecule has 1 aromatic heterocycles. The minimum atomic E-state index is -1.08. The van der Waals surface area contributed by atoms with E-state index in [1.54, 1.807) is 17.4 Å². The SMILES string of the molecule is O=C(O)CN1C(=O)C(=Cc2csc3ccc(Br)cc23)SC1=S. The first-order valence-corrected chi connectivity index (χ1v) is 8.99. The minimum absolute atomic E-state index is 0.277. The third-order valence-electron chi connectivity index (χ3n) is 3.02. The molecule has 1 saturated heterocycles. The maximum absolute atomic E-state index is 12.3. The van der Waals surface area contributed by atoms with E-state index in [0.717, 1.165) is 36.8 Å². The Kier molecular flexibility index (Phi) is 4.35. The molecular weight excluding hydrogens is 406 g/mol. The molecule has 0 bridgehead atoms. The zero-order valence-corrected chi connectivity index (χ0v) is 14.9. The summed E-state index contributed by atoms with van der Waals surface area (Å²) in [6.07, 6.45) is 1.77. The summed E-state index contributed by atoms with van der Waals surface area (Å²) in [5.41, 5.74) is 0.928. The summed E-state index contributed by atoms with van der Waals surface area (Å²) in [4.78, 5) is 24.6. The molecule has 0 atom stereocenters. The Morgan fingerprint density at radius 3 is 2.95 bits per heavy atom. The highest BCUT2D eigenvalue weighted by molar-refractivity contribution is 9.10. The standard InChI is InChI=1S/C14H8BrNO3S3/c15-8-1-2-10-9(4-8)7(6-21-10)3-11-13(19)16(5-12(17)18)14(20)22-11/h1-4,6H,5H2,(H,17,18). The zero-order chi connectivity index (χ0) is 15.9. The van der Waals surface area contributed by atoms with Crippen LogP contribution in [0, 0.1) is 0 Å². The molecule has 1 aliphatic heterocycles. The van der Waals surface area contributed by atoms with E-state index < -0.39 is 12.5 Å². The lowest BCUT2D eigenvalue weighted by Gasteiger charge is -2.10. The van der Waals surface area contributed by atoms with Crippen molar-refractivity contribution in [2.75, 3.05) is 6.54 Å². The molecule has 4 nitrogen and oxygen atoms in total. The summed E-state index contributed by atoms with van der Waals surface area (Å²) in [6, 6.07) is 5.97. The van der Waals surface area contributed by atoms with E-state index in [1.165, 1.54) is 0 Å². The number of halogens is 1.